The minimum atomic E-state index is -0.786. The number of thiol groups is 1. The van der Waals surface area contributed by atoms with E-state index in [1.54, 1.807) is 50.4 Å². The highest BCUT2D eigenvalue weighted by atomic mass is 32.2. The number of esters is 5. The van der Waals surface area contributed by atoms with Gasteiger partial charge in [0.05, 0.1) is 36.4 Å². The Bertz CT molecular complexity index is 1610. The van der Waals surface area contributed by atoms with Crippen molar-refractivity contribution in [3.8, 4) is 0 Å². The van der Waals surface area contributed by atoms with Gasteiger partial charge in [0, 0.05) is 35.3 Å². The second kappa shape index (κ2) is 73.1. The molecule has 0 saturated heterocycles. The van der Waals surface area contributed by atoms with E-state index in [9.17, 15) is 24.0 Å². The molecule has 74 heavy (non-hydrogen) atoms. The molecule has 0 spiro atoms. The molecule has 0 aliphatic heterocycles. The zero-order valence-electron chi connectivity index (χ0n) is 43.7. The van der Waals surface area contributed by atoms with E-state index in [1.165, 1.54) is 0 Å². The van der Waals surface area contributed by atoms with Crippen LogP contribution >= 0.6 is 36.2 Å². The Morgan fingerprint density at radius 3 is 1.11 bits per heavy atom. The van der Waals surface area contributed by atoms with E-state index in [4.69, 9.17) is 91.1 Å². The molecule has 0 aliphatic rings. The number of aliphatic hydroxyl groups excluding tert-OH is 1. The summed E-state index contributed by atoms with van der Waals surface area (Å²) in [7, 11) is 1.00. The van der Waals surface area contributed by atoms with Crippen molar-refractivity contribution in [1.82, 2.24) is 0 Å². The van der Waals surface area contributed by atoms with Gasteiger partial charge in [0.1, 0.15) is 33.0 Å². The van der Waals surface area contributed by atoms with Crippen molar-refractivity contribution in [2.45, 2.75) is 81.6 Å². The average molecular weight is 1120 g/mol. The zero-order chi connectivity index (χ0) is 60.4. The third-order valence-corrected chi connectivity index (χ3v) is 9.45. The summed E-state index contributed by atoms with van der Waals surface area (Å²) in [6.45, 7) is 31.5. The van der Waals surface area contributed by atoms with Crippen molar-refractivity contribution in [2.24, 2.45) is 16.7 Å². The van der Waals surface area contributed by atoms with Crippen LogP contribution in [0.4, 0.5) is 0 Å². The first kappa shape index (κ1) is 90.3. The zero-order valence-corrected chi connectivity index (χ0v) is 46.2. The molecular weight excluding hydrogens is 1040 g/mol. The van der Waals surface area contributed by atoms with Crippen LogP contribution in [0.2, 0.25) is 0 Å². The monoisotopic (exact) mass is 1120 g/mol. The summed E-state index contributed by atoms with van der Waals surface area (Å²) in [5.74, 6) is 1.86. The van der Waals surface area contributed by atoms with Gasteiger partial charge >= 0.3 is 66.8 Å². The topological polar surface area (TPSA) is 366 Å². The van der Waals surface area contributed by atoms with E-state index in [2.05, 4.69) is 38.9 Å². The number of ether oxygens (including phenoxy) is 6. The fourth-order valence-electron chi connectivity index (χ4n) is 3.58. The third kappa shape index (κ3) is 74.5. The van der Waals surface area contributed by atoms with Gasteiger partial charge in [-0.2, -0.15) is 93.7 Å². The first-order valence-electron chi connectivity index (χ1n) is 21.0. The summed E-state index contributed by atoms with van der Waals surface area (Å²) in [5.41, 5.74) is -0.483. The minimum Gasteiger partial charge on any atom is -0.465 e. The van der Waals surface area contributed by atoms with Crippen LogP contribution in [0.1, 0.15) is 81.6 Å². The number of thioether (sulfide) groups is 2. The lowest BCUT2D eigenvalue weighted by Gasteiger charge is -2.31. The number of aliphatic hydroxyl groups is 1. The summed E-state index contributed by atoms with van der Waals surface area (Å²) in [6, 6.07) is 0. The van der Waals surface area contributed by atoms with Crippen molar-refractivity contribution in [3.63, 3.8) is 0 Å². The molecule has 0 aromatic carbocycles. The van der Waals surface area contributed by atoms with Gasteiger partial charge in [-0.15, -0.1) is 6.58 Å². The molecule has 0 aliphatic carbocycles. The van der Waals surface area contributed by atoms with Gasteiger partial charge in [-0.25, -0.2) is 14.4 Å². The molecule has 2 unspecified atom stereocenters. The van der Waals surface area contributed by atoms with E-state index in [1.807, 2.05) is 41.5 Å². The molecule has 0 bridgehead atoms. The van der Waals surface area contributed by atoms with Gasteiger partial charge in [-0.05, 0) is 50.9 Å². The Balaban J connectivity index is -0.0000000990. The maximum atomic E-state index is 12.3. The standard InChI is InChI=1S/C21H36O6S2.C17H26O5.C2H6S.6CO2.CH4O/c1-7-21(14-26-19(23)16(4)5,13-25-18(22)10-11-28-8-2)15-27-20(24)17(6)12-29-9-3;1-7-9-20-10-17(8-2,11-21-15(18)13(3)4)12-22-16(19)14(5)6;1-2-3;6*2-1-3;1-2/h17H,4,7-15H2,1-3,5-6H3;7H,1,3,5,8-12H2,2,4,6H3;3H,2H2,1H3;;;;;;;2H,1H3. The SMILES string of the molecule is C=C(C)C(=O)OCC(CC)(COC(=O)CCSCC)COC(=O)C(C)CSCC.C=CCOCC(CC)(COC(=O)C(=C)C)COC(=O)C(=C)C.CCS.CO.O=C=O.O=C=O.O=C=O.O=C=O.O=C=O.O=C=O. The predicted octanol–water partition coefficient (Wildman–Crippen LogP) is 3.99. The highest BCUT2D eigenvalue weighted by molar-refractivity contribution is 7.99. The highest BCUT2D eigenvalue weighted by Crippen LogP contribution is 2.27. The number of carbonyl (C=O) groups is 5. The molecular formula is C47H72O24S3. The number of hydrogen-bond acceptors (Lipinski definition) is 27. The Labute approximate surface area is 445 Å². The Kier molecular flexibility index (Phi) is 89.2. The normalized spacial score (nSPS) is 9.57. The fraction of sp³-hybridized carbons (Fsp3) is 0.596. The Morgan fingerprint density at radius 2 is 0.838 bits per heavy atom. The van der Waals surface area contributed by atoms with E-state index in [-0.39, 0.29) is 100.0 Å². The molecule has 24 nitrogen and oxygen atoms in total. The van der Waals surface area contributed by atoms with Crippen LogP contribution < -0.4 is 0 Å². The minimum absolute atomic E-state index is 0.0163. The van der Waals surface area contributed by atoms with Crippen LogP contribution in [-0.4, -0.2) is 154 Å². The lowest BCUT2D eigenvalue weighted by Crippen LogP contribution is -2.39. The maximum absolute atomic E-state index is 12.3. The summed E-state index contributed by atoms with van der Waals surface area (Å²) < 4.78 is 32.2. The molecule has 0 radical (unpaired) electrons. The van der Waals surface area contributed by atoms with Gasteiger partial charge in [0.2, 0.25) is 0 Å². The molecule has 422 valence electrons. The van der Waals surface area contributed by atoms with Crippen molar-refractivity contribution >= 4 is 103 Å². The van der Waals surface area contributed by atoms with Crippen LogP contribution in [0.3, 0.4) is 0 Å². The van der Waals surface area contributed by atoms with Crippen LogP contribution in [0.5, 0.6) is 0 Å². The summed E-state index contributed by atoms with van der Waals surface area (Å²) in [5, 5.41) is 7.00. The molecule has 0 rings (SSSR count). The molecule has 1 N–H and O–H groups in total. The predicted molar refractivity (Wildman–Crippen MR) is 263 cm³/mol. The highest BCUT2D eigenvalue weighted by Gasteiger charge is 2.35. The maximum Gasteiger partial charge on any atom is 0.373 e. The summed E-state index contributed by atoms with van der Waals surface area (Å²) in [4.78, 5) is 157. The van der Waals surface area contributed by atoms with E-state index >= 15 is 0 Å². The molecule has 2 atom stereocenters. The Hall–Kier alpha value is -6.44. The van der Waals surface area contributed by atoms with Gasteiger partial charge < -0.3 is 33.5 Å². The van der Waals surface area contributed by atoms with E-state index < -0.39 is 28.7 Å². The number of carbonyl (C=O) groups excluding carboxylic acids is 17. The van der Waals surface area contributed by atoms with Gasteiger partial charge in [0.15, 0.2) is 0 Å². The van der Waals surface area contributed by atoms with Gasteiger partial charge in [-0.3, -0.25) is 9.59 Å². The molecule has 0 saturated carbocycles. The smallest absolute Gasteiger partial charge is 0.373 e. The molecule has 27 heteroatoms. The lowest BCUT2D eigenvalue weighted by atomic mass is 9.88. The van der Waals surface area contributed by atoms with Crippen LogP contribution in [0.25, 0.3) is 0 Å². The third-order valence-electron chi connectivity index (χ3n) is 7.41. The number of hydrogen-bond donors (Lipinski definition) is 2. The lowest BCUT2D eigenvalue weighted by molar-refractivity contribution is -0.193. The molecule has 0 fully saturated rings. The van der Waals surface area contributed by atoms with E-state index in [0.717, 1.165) is 24.4 Å². The summed E-state index contributed by atoms with van der Waals surface area (Å²) >= 11 is 7.13. The van der Waals surface area contributed by atoms with Crippen LogP contribution in [-0.2, 0) is 110 Å². The molecule has 0 aromatic heterocycles. The quantitative estimate of drug-likeness (QED) is 0.0293. The molecule has 0 aromatic rings. The second-order valence-electron chi connectivity index (χ2n) is 13.2. The van der Waals surface area contributed by atoms with Crippen LogP contribution in [0, 0.1) is 16.7 Å². The summed E-state index contributed by atoms with van der Waals surface area (Å²) in [6.07, 6.45) is 4.56. The van der Waals surface area contributed by atoms with Gasteiger partial charge in [0.25, 0.3) is 0 Å². The average Bonchev–Trinajstić information content (AvgIpc) is 3.36. The molecule has 0 amide bonds. The first-order chi connectivity index (χ1) is 34.9. The van der Waals surface area contributed by atoms with Crippen molar-refractivity contribution < 1.29 is 115 Å². The van der Waals surface area contributed by atoms with Gasteiger partial charge in [-0.1, -0.05) is 67.4 Å². The van der Waals surface area contributed by atoms with Crippen molar-refractivity contribution in [1.29, 1.82) is 0 Å². The van der Waals surface area contributed by atoms with Crippen molar-refractivity contribution in [3.05, 3.63) is 49.1 Å². The van der Waals surface area contributed by atoms with Crippen LogP contribution in [0.15, 0.2) is 49.1 Å². The number of rotatable bonds is 27. The fourth-order valence-corrected chi connectivity index (χ4v) is 4.91. The van der Waals surface area contributed by atoms with Crippen molar-refractivity contribution in [2.75, 3.05) is 82.1 Å². The largest absolute Gasteiger partial charge is 0.465 e. The second-order valence-corrected chi connectivity index (χ2v) is 16.5. The molecule has 0 heterocycles. The van der Waals surface area contributed by atoms with E-state index in [0.29, 0.717) is 48.5 Å². The first-order valence-corrected chi connectivity index (χ1v) is 24.0. The Morgan fingerprint density at radius 1 is 0.554 bits per heavy atom.